The summed E-state index contributed by atoms with van der Waals surface area (Å²) in [5, 5.41) is 10.6. The molecule has 0 aromatic heterocycles. The van der Waals surface area contributed by atoms with E-state index in [4.69, 9.17) is 37.0 Å². The van der Waals surface area contributed by atoms with Crippen molar-refractivity contribution in [1.29, 1.82) is 0 Å². The number of unbranched alkanes of at least 4 members (excludes halogenated alkanes) is 14. The van der Waals surface area contributed by atoms with E-state index in [1.807, 2.05) is 18.2 Å². The number of ether oxygens (including phenoxy) is 4. The maximum absolute atomic E-state index is 13.1. The second-order valence-electron chi connectivity index (χ2n) is 24.1. The van der Waals surface area contributed by atoms with Gasteiger partial charge >= 0.3 is 39.5 Å². The lowest BCUT2D eigenvalue weighted by molar-refractivity contribution is -0.161. The molecule has 0 saturated heterocycles. The first-order valence-electron chi connectivity index (χ1n) is 37.4. The summed E-state index contributed by atoms with van der Waals surface area (Å²) in [7, 11) is -10.00. The second kappa shape index (κ2) is 71.8. The number of aliphatic hydroxyl groups excluding tert-OH is 1. The van der Waals surface area contributed by atoms with Gasteiger partial charge in [-0.1, -0.05) is 249 Å². The molecule has 0 amide bonds. The van der Waals surface area contributed by atoms with Gasteiger partial charge < -0.3 is 33.8 Å². The van der Waals surface area contributed by atoms with Crippen LogP contribution in [-0.2, 0) is 65.4 Å². The number of rotatable bonds is 68. The average molecular weight is 1440 g/mol. The van der Waals surface area contributed by atoms with Crippen molar-refractivity contribution in [3.05, 3.63) is 170 Å². The number of hydrogen-bond donors (Lipinski definition) is 3. The first-order valence-corrected chi connectivity index (χ1v) is 40.4. The molecule has 0 bridgehead atoms. The summed E-state index contributed by atoms with van der Waals surface area (Å²) < 4.78 is 68.2. The Morgan fingerprint density at radius 1 is 0.290 bits per heavy atom. The van der Waals surface area contributed by atoms with Gasteiger partial charge in [0.1, 0.15) is 19.3 Å². The van der Waals surface area contributed by atoms with Crippen LogP contribution < -0.4 is 0 Å². The van der Waals surface area contributed by atoms with Crippen LogP contribution in [0.3, 0.4) is 0 Å². The SMILES string of the molecule is CC/C=C\C/C=C\C/C=C\C/C=C\C/C=C\C/C=C\CCC(=O)OCC(COP(=O)(O)OCC(O)COP(=O)(O)OCC(COC(=O)CCCC/C=C\C/C=C\C/C=C\C/C=C\CC)OC(=O)CCCCCCC/C=C\C/C=C\C/C=C\CC)OC(=O)CCCCCCC/C=C\CCCC. The fraction of sp³-hybridized carbons (Fsp3) is 0.605. The van der Waals surface area contributed by atoms with Gasteiger partial charge in [-0.2, -0.15) is 0 Å². The largest absolute Gasteiger partial charge is 0.472 e. The molecule has 0 aromatic carbocycles. The first-order chi connectivity index (χ1) is 48.7. The van der Waals surface area contributed by atoms with Gasteiger partial charge in [0.15, 0.2) is 12.2 Å². The number of phosphoric acid groups is 2. The van der Waals surface area contributed by atoms with Crippen LogP contribution >= 0.6 is 15.6 Å². The lowest BCUT2D eigenvalue weighted by atomic mass is 10.1. The zero-order valence-corrected chi connectivity index (χ0v) is 63.3. The Bertz CT molecular complexity index is 2570. The van der Waals surface area contributed by atoms with E-state index in [-0.39, 0.29) is 25.7 Å². The van der Waals surface area contributed by atoms with Crippen molar-refractivity contribution in [1.82, 2.24) is 0 Å². The molecule has 0 aliphatic heterocycles. The number of carbonyl (C=O) groups is 4. The van der Waals surface area contributed by atoms with Crippen LogP contribution in [-0.4, -0.2) is 96.7 Å². The van der Waals surface area contributed by atoms with Gasteiger partial charge in [0.05, 0.1) is 26.4 Å². The van der Waals surface area contributed by atoms with Crippen LogP contribution in [0.5, 0.6) is 0 Å². The molecule has 0 spiro atoms. The molecule has 0 aliphatic carbocycles. The summed E-state index contributed by atoms with van der Waals surface area (Å²) in [5.41, 5.74) is 0. The maximum atomic E-state index is 13.1. The van der Waals surface area contributed by atoms with Crippen LogP contribution in [0, 0.1) is 0 Å². The maximum Gasteiger partial charge on any atom is 0.472 e. The molecule has 5 atom stereocenters. The zero-order valence-electron chi connectivity index (χ0n) is 61.5. The summed E-state index contributed by atoms with van der Waals surface area (Å²) >= 11 is 0. The molecule has 5 unspecified atom stereocenters. The molecule has 100 heavy (non-hydrogen) atoms. The molecule has 0 radical (unpaired) electrons. The highest BCUT2D eigenvalue weighted by atomic mass is 31.2. The van der Waals surface area contributed by atoms with Crippen molar-refractivity contribution >= 4 is 39.5 Å². The summed E-state index contributed by atoms with van der Waals surface area (Å²) in [6.45, 7) is 4.29. The topological polar surface area (TPSA) is 237 Å². The van der Waals surface area contributed by atoms with Gasteiger partial charge in [0.2, 0.25) is 0 Å². The lowest BCUT2D eigenvalue weighted by Crippen LogP contribution is -2.30. The van der Waals surface area contributed by atoms with E-state index in [1.165, 1.54) is 6.42 Å². The van der Waals surface area contributed by atoms with E-state index in [2.05, 4.69) is 180 Å². The van der Waals surface area contributed by atoms with Gasteiger partial charge in [-0.3, -0.25) is 37.3 Å². The van der Waals surface area contributed by atoms with Gasteiger partial charge in [-0.15, -0.1) is 0 Å². The van der Waals surface area contributed by atoms with Gasteiger partial charge in [-0.05, 0) is 154 Å². The third-order valence-electron chi connectivity index (χ3n) is 14.7. The minimum atomic E-state index is -5.00. The monoisotopic (exact) mass is 1440 g/mol. The molecule has 0 rings (SSSR count). The van der Waals surface area contributed by atoms with Gasteiger partial charge in [-0.25, -0.2) is 9.13 Å². The van der Waals surface area contributed by atoms with Crippen LogP contribution in [0.4, 0.5) is 0 Å². The Hall–Kier alpha value is -5.58. The first kappa shape index (κ1) is 94.4. The van der Waals surface area contributed by atoms with Crippen molar-refractivity contribution in [3.8, 4) is 0 Å². The fourth-order valence-corrected chi connectivity index (χ4v) is 10.6. The highest BCUT2D eigenvalue weighted by molar-refractivity contribution is 7.47. The van der Waals surface area contributed by atoms with E-state index in [0.29, 0.717) is 32.1 Å². The van der Waals surface area contributed by atoms with Gasteiger partial charge in [0.25, 0.3) is 0 Å². The Kier molecular flexibility index (Phi) is 67.8. The number of carbonyl (C=O) groups excluding carboxylic acids is 4. The van der Waals surface area contributed by atoms with E-state index >= 15 is 0 Å². The van der Waals surface area contributed by atoms with Crippen LogP contribution in [0.1, 0.15) is 259 Å². The number of phosphoric ester groups is 2. The van der Waals surface area contributed by atoms with Crippen molar-refractivity contribution < 1.29 is 80.2 Å². The van der Waals surface area contributed by atoms with E-state index in [9.17, 15) is 43.2 Å². The molecule has 3 N–H and O–H groups in total. The minimum absolute atomic E-state index is 0.0281. The molecule has 17 nitrogen and oxygen atoms in total. The highest BCUT2D eigenvalue weighted by Gasteiger charge is 2.30. The predicted molar refractivity (Wildman–Crippen MR) is 408 cm³/mol. The van der Waals surface area contributed by atoms with Crippen molar-refractivity contribution in [2.24, 2.45) is 0 Å². The van der Waals surface area contributed by atoms with Crippen molar-refractivity contribution in [3.63, 3.8) is 0 Å². The molecule has 0 fully saturated rings. The molecule has 0 heterocycles. The normalized spacial score (nSPS) is 14.9. The molecule has 19 heteroatoms. The van der Waals surface area contributed by atoms with E-state index in [0.717, 1.165) is 167 Å². The highest BCUT2D eigenvalue weighted by Crippen LogP contribution is 2.45. The van der Waals surface area contributed by atoms with Gasteiger partial charge in [0, 0.05) is 25.7 Å². The summed E-state index contributed by atoms with van der Waals surface area (Å²) in [5.74, 6) is -2.37. The average Bonchev–Trinajstić information content (AvgIpc) is 0.953. The number of allylic oxidation sites excluding steroid dienone is 28. The molecular weight excluding hydrogens is 1310 g/mol. The van der Waals surface area contributed by atoms with Crippen LogP contribution in [0.25, 0.3) is 0 Å². The fourth-order valence-electron chi connectivity index (χ4n) is 9.05. The number of aliphatic hydroxyl groups is 1. The molecular formula is C81H130O17P2. The zero-order chi connectivity index (χ0) is 73.2. The number of hydrogen-bond acceptors (Lipinski definition) is 15. The quantitative estimate of drug-likeness (QED) is 0.0169. The van der Waals surface area contributed by atoms with Crippen LogP contribution in [0.2, 0.25) is 0 Å². The lowest BCUT2D eigenvalue weighted by Gasteiger charge is -2.21. The second-order valence-corrected chi connectivity index (χ2v) is 27.0. The molecule has 0 aromatic rings. The standard InChI is InChI=1S/C81H130O17P2/c1-5-9-13-17-21-25-29-32-35-36-37-38-41-43-47-50-54-58-62-66-79(84)91-71-76(97-80(85)67-63-59-55-51-45-28-24-20-16-12-8-4)73-95-99(87,88)93-69-75(82)70-94-100(89,90)96-74-77(98-81(86)68-64-60-56-52-48-44-40-34-31-27-23-19-15-11-7-3)72-92-78(83)65-61-57-53-49-46-42-39-33-30-26-22-18-14-10-6-2/h9-11,13-15,20-27,32-35,37-40,43,46-47,49,54,58,75-77,82H,5-8,12,16-19,28-31,36,41-42,44-45,48,50-53,55-57,59-74H2,1-4H3,(H,87,88)(H,89,90)/b13-9-,14-10-,15-11-,24-20-,25-21-,26-22-,27-23-,35-32-,38-37-,39-33-,40-34-,47-43-,49-46-,58-54-. The molecule has 0 aliphatic rings. The van der Waals surface area contributed by atoms with Crippen LogP contribution in [0.15, 0.2) is 170 Å². The van der Waals surface area contributed by atoms with Crippen molar-refractivity contribution in [2.45, 2.75) is 277 Å². The van der Waals surface area contributed by atoms with Crippen molar-refractivity contribution in [2.75, 3.05) is 39.6 Å². The number of esters is 4. The summed E-state index contributed by atoms with van der Waals surface area (Å²) in [6, 6.07) is 0. The van der Waals surface area contributed by atoms with E-state index < -0.39 is 97.5 Å². The molecule has 566 valence electrons. The minimum Gasteiger partial charge on any atom is -0.462 e. The summed E-state index contributed by atoms with van der Waals surface area (Å²) in [6.07, 6.45) is 83.8. The molecule has 0 saturated carbocycles. The van der Waals surface area contributed by atoms with E-state index in [1.54, 1.807) is 0 Å². The third kappa shape index (κ3) is 70.8. The Balaban J connectivity index is 5.45. The third-order valence-corrected chi connectivity index (χ3v) is 16.6. The smallest absolute Gasteiger partial charge is 0.462 e. The predicted octanol–water partition coefficient (Wildman–Crippen LogP) is 21.4. The Labute approximate surface area is 603 Å². The summed E-state index contributed by atoms with van der Waals surface area (Å²) in [4.78, 5) is 72.7. The Morgan fingerprint density at radius 3 is 0.890 bits per heavy atom. The Morgan fingerprint density at radius 2 is 0.540 bits per heavy atom.